The van der Waals surface area contributed by atoms with E-state index in [1.807, 2.05) is 0 Å². The fourth-order valence-corrected chi connectivity index (χ4v) is 3.94. The first-order valence-electron chi connectivity index (χ1n) is 9.79. The van der Waals surface area contributed by atoms with Gasteiger partial charge >= 0.3 is 0 Å². The molecule has 158 valence electrons. The summed E-state index contributed by atoms with van der Waals surface area (Å²) in [5, 5.41) is 21.8. The van der Waals surface area contributed by atoms with Crippen molar-refractivity contribution in [3.63, 3.8) is 0 Å². The van der Waals surface area contributed by atoms with E-state index >= 15 is 0 Å². The van der Waals surface area contributed by atoms with Gasteiger partial charge in [0.05, 0.1) is 17.3 Å². The van der Waals surface area contributed by atoms with Crippen molar-refractivity contribution in [1.29, 1.82) is 0 Å². The van der Waals surface area contributed by atoms with E-state index in [1.54, 1.807) is 36.4 Å². The molecule has 5 rings (SSSR count). The number of ketones is 1. The molecule has 3 aromatic carbocycles. The second kappa shape index (κ2) is 7.39. The summed E-state index contributed by atoms with van der Waals surface area (Å²) in [4.78, 5) is 27.7. The van der Waals surface area contributed by atoms with Crippen molar-refractivity contribution in [3.05, 3.63) is 107 Å². The third kappa shape index (κ3) is 3.02. The molecule has 4 aromatic rings. The third-order valence-corrected chi connectivity index (χ3v) is 5.43. The van der Waals surface area contributed by atoms with Crippen molar-refractivity contribution < 1.29 is 28.6 Å². The van der Waals surface area contributed by atoms with Gasteiger partial charge in [0.2, 0.25) is 5.78 Å². The molecular weight excluding hydrogens is 413 g/mol. The molecule has 0 saturated carbocycles. The van der Waals surface area contributed by atoms with Crippen molar-refractivity contribution in [2.24, 2.45) is 0 Å². The Morgan fingerprint density at radius 1 is 0.938 bits per heavy atom. The second-order valence-electron chi connectivity index (χ2n) is 7.36. The molecule has 2 N–H and O–H groups in total. The number of Topliss-reactive ketones (excluding diaryl/α,β-unsaturated/α-hetero) is 1. The minimum Gasteiger partial charge on any atom is -0.506 e. The molecule has 1 aromatic heterocycles. The number of benzene rings is 3. The molecule has 1 aliphatic rings. The van der Waals surface area contributed by atoms with Gasteiger partial charge in [-0.2, -0.15) is 0 Å². The zero-order valence-electron chi connectivity index (χ0n) is 16.5. The molecule has 1 amide bonds. The lowest BCUT2D eigenvalue weighted by Gasteiger charge is -2.27. The molecular formula is C25H16FNO5. The van der Waals surface area contributed by atoms with Crippen LogP contribution in [-0.2, 0) is 4.79 Å². The highest BCUT2D eigenvalue weighted by Crippen LogP contribution is 2.44. The van der Waals surface area contributed by atoms with Gasteiger partial charge in [-0.1, -0.05) is 42.5 Å². The number of hydrogen-bond acceptors (Lipinski definition) is 5. The number of nitrogens with zero attached hydrogens (tertiary/aromatic N) is 1. The number of aliphatic hydroxyl groups excluding tert-OH is 1. The van der Waals surface area contributed by atoms with E-state index < -0.39 is 29.3 Å². The van der Waals surface area contributed by atoms with Crippen LogP contribution in [0.3, 0.4) is 0 Å². The molecule has 0 bridgehead atoms. The van der Waals surface area contributed by atoms with Gasteiger partial charge in [-0.15, -0.1) is 0 Å². The van der Waals surface area contributed by atoms with Crippen LogP contribution in [-0.4, -0.2) is 21.9 Å². The topological polar surface area (TPSA) is 91.0 Å². The number of rotatable bonds is 4. The molecule has 2 heterocycles. The van der Waals surface area contributed by atoms with Gasteiger partial charge in [0.1, 0.15) is 17.1 Å². The van der Waals surface area contributed by atoms with E-state index in [4.69, 9.17) is 4.42 Å². The number of anilines is 1. The van der Waals surface area contributed by atoms with Crippen LogP contribution in [0.25, 0.3) is 11.0 Å². The number of amides is 1. The fraction of sp³-hybridized carbons (Fsp3) is 0.0400. The highest BCUT2D eigenvalue weighted by molar-refractivity contribution is 6.21. The average molecular weight is 429 g/mol. The molecule has 32 heavy (non-hydrogen) atoms. The largest absolute Gasteiger partial charge is 0.506 e. The summed E-state index contributed by atoms with van der Waals surface area (Å²) < 4.78 is 19.2. The summed E-state index contributed by atoms with van der Waals surface area (Å²) in [6.45, 7) is 0. The maximum Gasteiger partial charge on any atom is 0.294 e. The number of para-hydroxylation sites is 3. The van der Waals surface area contributed by atoms with Gasteiger partial charge in [-0.3, -0.25) is 14.5 Å². The number of halogens is 1. The summed E-state index contributed by atoms with van der Waals surface area (Å²) >= 11 is 0. The number of phenolic OH excluding ortho intramolecular Hbond substituents is 1. The van der Waals surface area contributed by atoms with Gasteiger partial charge in [0.25, 0.3) is 5.91 Å². The molecule has 0 saturated heterocycles. The maximum absolute atomic E-state index is 13.6. The van der Waals surface area contributed by atoms with Gasteiger partial charge in [-0.05, 0) is 42.0 Å². The number of aliphatic hydroxyl groups is 1. The lowest BCUT2D eigenvalue weighted by atomic mass is 9.94. The minimum absolute atomic E-state index is 0.0493. The minimum atomic E-state index is -1.10. The first kappa shape index (κ1) is 19.6. The Morgan fingerprint density at radius 2 is 1.62 bits per heavy atom. The van der Waals surface area contributed by atoms with Crippen LogP contribution < -0.4 is 4.90 Å². The smallest absolute Gasteiger partial charge is 0.294 e. The Labute approximate surface area is 181 Å². The lowest BCUT2D eigenvalue weighted by molar-refractivity contribution is -0.117. The third-order valence-electron chi connectivity index (χ3n) is 5.43. The van der Waals surface area contributed by atoms with Crippen molar-refractivity contribution in [2.45, 2.75) is 6.04 Å². The number of aromatic hydroxyl groups is 1. The SMILES string of the molecule is O=C(C1=C(O)C(=O)N(c2ccccc2O)C1c1ccc(F)cc1)c1cc2ccccc2o1. The number of phenols is 1. The fourth-order valence-electron chi connectivity index (χ4n) is 3.94. The molecule has 1 unspecified atom stereocenters. The summed E-state index contributed by atoms with van der Waals surface area (Å²) in [7, 11) is 0. The van der Waals surface area contributed by atoms with Gasteiger partial charge in [-0.25, -0.2) is 4.39 Å². The standard InChI is InChI=1S/C25H16FNO5/c26-16-11-9-14(10-12-16)22-21(23(29)20-13-15-5-1-4-8-19(15)32-20)24(30)25(31)27(22)17-6-2-3-7-18(17)28/h1-13,22,28,30H. The Balaban J connectivity index is 1.68. The van der Waals surface area contributed by atoms with Crippen molar-refractivity contribution in [2.75, 3.05) is 4.90 Å². The molecule has 1 atom stereocenters. The maximum atomic E-state index is 13.6. The van der Waals surface area contributed by atoms with E-state index in [0.29, 0.717) is 16.5 Å². The summed E-state index contributed by atoms with van der Waals surface area (Å²) in [6, 6.07) is 18.8. The van der Waals surface area contributed by atoms with E-state index in [0.717, 1.165) is 4.90 Å². The van der Waals surface area contributed by atoms with E-state index in [9.17, 15) is 24.2 Å². The zero-order valence-corrected chi connectivity index (χ0v) is 16.5. The first-order valence-corrected chi connectivity index (χ1v) is 9.79. The Hall–Kier alpha value is -4.39. The number of carbonyl (C=O) groups excluding carboxylic acids is 2. The van der Waals surface area contributed by atoms with Crippen LogP contribution in [0.1, 0.15) is 22.2 Å². The predicted molar refractivity (Wildman–Crippen MR) is 115 cm³/mol. The van der Waals surface area contributed by atoms with E-state index in [-0.39, 0.29) is 22.8 Å². The van der Waals surface area contributed by atoms with Crippen LogP contribution in [0.5, 0.6) is 5.75 Å². The molecule has 1 aliphatic heterocycles. The van der Waals surface area contributed by atoms with Crippen LogP contribution >= 0.6 is 0 Å². The normalized spacial score (nSPS) is 16.2. The zero-order chi connectivity index (χ0) is 22.4. The van der Waals surface area contributed by atoms with Crippen LogP contribution in [0, 0.1) is 5.82 Å². The number of hydrogen-bond donors (Lipinski definition) is 2. The molecule has 0 spiro atoms. The van der Waals surface area contributed by atoms with E-state index in [1.165, 1.54) is 42.5 Å². The molecule has 0 aliphatic carbocycles. The molecule has 6 nitrogen and oxygen atoms in total. The Kier molecular flexibility index (Phi) is 4.52. The van der Waals surface area contributed by atoms with Gasteiger partial charge < -0.3 is 14.6 Å². The molecule has 7 heteroatoms. The number of fused-ring (bicyclic) bond motifs is 1. The van der Waals surface area contributed by atoms with Crippen LogP contribution in [0.4, 0.5) is 10.1 Å². The number of furan rings is 1. The Morgan fingerprint density at radius 3 is 2.34 bits per heavy atom. The first-order chi connectivity index (χ1) is 15.5. The predicted octanol–water partition coefficient (Wildman–Crippen LogP) is 5.06. The van der Waals surface area contributed by atoms with Crippen molar-refractivity contribution >= 4 is 28.3 Å². The monoisotopic (exact) mass is 429 g/mol. The molecule has 0 radical (unpaired) electrons. The van der Waals surface area contributed by atoms with Crippen molar-refractivity contribution in [3.8, 4) is 5.75 Å². The lowest BCUT2D eigenvalue weighted by Crippen LogP contribution is -2.31. The van der Waals surface area contributed by atoms with Crippen LogP contribution in [0.2, 0.25) is 0 Å². The second-order valence-corrected chi connectivity index (χ2v) is 7.36. The summed E-state index contributed by atoms with van der Waals surface area (Å²) in [5.74, 6) is -3.05. The van der Waals surface area contributed by atoms with Gasteiger partial charge in [0, 0.05) is 5.39 Å². The summed E-state index contributed by atoms with van der Waals surface area (Å²) in [6.07, 6.45) is 0. The van der Waals surface area contributed by atoms with Crippen LogP contribution in [0.15, 0.2) is 94.6 Å². The summed E-state index contributed by atoms with van der Waals surface area (Å²) in [5.41, 5.74) is 0.748. The average Bonchev–Trinajstić information content (AvgIpc) is 3.34. The number of carbonyl (C=O) groups is 2. The van der Waals surface area contributed by atoms with E-state index in [2.05, 4.69) is 0 Å². The highest BCUT2D eigenvalue weighted by Gasteiger charge is 2.46. The molecule has 0 fully saturated rings. The van der Waals surface area contributed by atoms with Gasteiger partial charge in [0.15, 0.2) is 11.5 Å². The Bertz CT molecular complexity index is 1370. The van der Waals surface area contributed by atoms with Crippen molar-refractivity contribution in [1.82, 2.24) is 0 Å². The highest BCUT2D eigenvalue weighted by atomic mass is 19.1. The quantitative estimate of drug-likeness (QED) is 0.443.